The minimum absolute atomic E-state index is 0.0807. The zero-order chi connectivity index (χ0) is 33.8. The van der Waals surface area contributed by atoms with Gasteiger partial charge in [0.25, 0.3) is 0 Å². The van der Waals surface area contributed by atoms with Crippen molar-refractivity contribution in [3.63, 3.8) is 0 Å². The van der Waals surface area contributed by atoms with E-state index in [2.05, 4.69) is 62.5 Å². The van der Waals surface area contributed by atoms with E-state index in [-0.39, 0.29) is 32.8 Å². The molecule has 0 spiro atoms. The normalized spacial score (nSPS) is 14.4. The fourth-order valence-electron chi connectivity index (χ4n) is 4.36. The number of hydrogen-bond donors (Lipinski definition) is 2. The number of phosphoric acid groups is 1. The summed E-state index contributed by atoms with van der Waals surface area (Å²) in [6.07, 6.45) is 39.6. The molecule has 2 unspecified atom stereocenters. The van der Waals surface area contributed by atoms with Crippen LogP contribution in [0, 0.1) is 0 Å². The Kier molecular flexibility index (Phi) is 33.2. The lowest BCUT2D eigenvalue weighted by Gasteiger charge is -2.19. The van der Waals surface area contributed by atoms with Gasteiger partial charge in [-0.3, -0.25) is 13.8 Å². The lowest BCUT2D eigenvalue weighted by Crippen LogP contribution is -2.28. The molecule has 0 amide bonds. The van der Waals surface area contributed by atoms with E-state index in [0.717, 1.165) is 44.9 Å². The van der Waals surface area contributed by atoms with Crippen LogP contribution in [0.15, 0.2) is 60.8 Å². The second-order valence-electron chi connectivity index (χ2n) is 11.3. The molecular formula is C37H66NO7P. The van der Waals surface area contributed by atoms with Crippen LogP contribution in [0.3, 0.4) is 0 Å². The maximum Gasteiger partial charge on any atom is 0.472 e. The number of carbonyl (C=O) groups excluding carboxylic acids is 1. The van der Waals surface area contributed by atoms with Gasteiger partial charge >= 0.3 is 13.8 Å². The van der Waals surface area contributed by atoms with Gasteiger partial charge in [-0.15, -0.1) is 0 Å². The lowest BCUT2D eigenvalue weighted by molar-refractivity contribution is -0.154. The Morgan fingerprint density at radius 2 is 1.22 bits per heavy atom. The topological polar surface area (TPSA) is 117 Å². The van der Waals surface area contributed by atoms with Gasteiger partial charge in [0, 0.05) is 19.6 Å². The molecule has 266 valence electrons. The molecule has 0 bridgehead atoms. The molecule has 0 aliphatic heterocycles. The van der Waals surface area contributed by atoms with Crippen LogP contribution in [0.1, 0.15) is 129 Å². The second-order valence-corrected chi connectivity index (χ2v) is 12.8. The summed E-state index contributed by atoms with van der Waals surface area (Å²) in [5, 5.41) is 0. The third-order valence-corrected chi connectivity index (χ3v) is 7.92. The smallest absolute Gasteiger partial charge is 0.457 e. The Labute approximate surface area is 281 Å². The van der Waals surface area contributed by atoms with Crippen LogP contribution in [0.4, 0.5) is 0 Å². The van der Waals surface area contributed by atoms with Gasteiger partial charge in [-0.05, 0) is 64.2 Å². The molecule has 0 aromatic rings. The van der Waals surface area contributed by atoms with Crippen molar-refractivity contribution in [2.45, 2.75) is 136 Å². The van der Waals surface area contributed by atoms with Crippen LogP contribution in [0.25, 0.3) is 0 Å². The maximum absolute atomic E-state index is 12.4. The van der Waals surface area contributed by atoms with Gasteiger partial charge in [0.05, 0.1) is 19.8 Å². The Morgan fingerprint density at radius 1 is 0.674 bits per heavy atom. The quantitative estimate of drug-likeness (QED) is 0.0307. The van der Waals surface area contributed by atoms with E-state index in [1.807, 2.05) is 12.2 Å². The van der Waals surface area contributed by atoms with Crippen LogP contribution < -0.4 is 5.73 Å². The number of rotatable bonds is 33. The molecular weight excluding hydrogens is 601 g/mol. The summed E-state index contributed by atoms with van der Waals surface area (Å²) in [7, 11) is -4.29. The number of allylic oxidation sites excluding steroid dienone is 10. The van der Waals surface area contributed by atoms with Gasteiger partial charge in [-0.2, -0.15) is 0 Å². The highest BCUT2D eigenvalue weighted by Gasteiger charge is 2.25. The third kappa shape index (κ3) is 33.6. The molecule has 0 heterocycles. The zero-order valence-corrected chi connectivity index (χ0v) is 29.9. The second kappa shape index (κ2) is 34.5. The van der Waals surface area contributed by atoms with Gasteiger partial charge in [-0.25, -0.2) is 4.57 Å². The molecule has 0 aliphatic rings. The highest BCUT2D eigenvalue weighted by Crippen LogP contribution is 2.43. The van der Waals surface area contributed by atoms with Crippen molar-refractivity contribution in [3.05, 3.63) is 60.8 Å². The highest BCUT2D eigenvalue weighted by atomic mass is 31.2. The number of phosphoric ester groups is 1. The van der Waals surface area contributed by atoms with Crippen LogP contribution in [0.5, 0.6) is 0 Å². The molecule has 0 saturated carbocycles. The lowest BCUT2D eigenvalue weighted by atomic mass is 10.1. The molecule has 0 saturated heterocycles. The Morgan fingerprint density at radius 3 is 1.83 bits per heavy atom. The fourth-order valence-corrected chi connectivity index (χ4v) is 5.12. The van der Waals surface area contributed by atoms with Crippen LogP contribution in [0.2, 0.25) is 0 Å². The van der Waals surface area contributed by atoms with E-state index < -0.39 is 19.9 Å². The maximum atomic E-state index is 12.4. The largest absolute Gasteiger partial charge is 0.472 e. The van der Waals surface area contributed by atoms with Crippen molar-refractivity contribution < 1.29 is 32.8 Å². The SMILES string of the molecule is CC/C=C\C/C=C\C/C=C\C/C=C\CCC(=O)OC(COCCCCCCCC/C=C\CCCCCC)COP(=O)(O)OCCN. The fraction of sp³-hybridized carbons (Fsp3) is 0.703. The van der Waals surface area contributed by atoms with Gasteiger partial charge in [-0.1, -0.05) is 120 Å². The molecule has 0 aromatic carbocycles. The van der Waals surface area contributed by atoms with Crippen LogP contribution in [-0.2, 0) is 27.9 Å². The molecule has 0 fully saturated rings. The van der Waals surface area contributed by atoms with Crippen LogP contribution in [-0.4, -0.2) is 49.9 Å². The summed E-state index contributed by atoms with van der Waals surface area (Å²) in [6, 6.07) is 0. The van der Waals surface area contributed by atoms with Crippen molar-refractivity contribution in [1.29, 1.82) is 0 Å². The minimum Gasteiger partial charge on any atom is -0.457 e. The molecule has 0 rings (SSSR count). The van der Waals surface area contributed by atoms with E-state index in [9.17, 15) is 14.3 Å². The first-order chi connectivity index (χ1) is 22.4. The standard InChI is InChI=1S/C37H66NO7P/c1-3-5-7-9-11-13-15-17-19-21-23-25-27-29-32-42-34-36(35-44-46(40,41)43-33-31-38)45-37(39)30-28-26-24-22-20-18-16-14-12-10-8-6-4-2/h6,8,12-15,18,20,24,26,36H,3-5,7,9-11,16-17,19,21-23,25,27-35,38H2,1-2H3,(H,40,41)/b8-6-,14-12-,15-13-,20-18-,26-24-. The Bertz CT molecular complexity index is 885. The molecule has 0 aromatic heterocycles. The number of carbonyl (C=O) groups is 1. The molecule has 0 radical (unpaired) electrons. The van der Waals surface area contributed by atoms with E-state index >= 15 is 0 Å². The molecule has 3 N–H and O–H groups in total. The summed E-state index contributed by atoms with van der Waals surface area (Å²) in [5.41, 5.74) is 5.34. The predicted molar refractivity (Wildman–Crippen MR) is 192 cm³/mol. The number of nitrogens with two attached hydrogens (primary N) is 1. The third-order valence-electron chi connectivity index (χ3n) is 6.93. The van der Waals surface area contributed by atoms with E-state index in [4.69, 9.17) is 24.3 Å². The predicted octanol–water partition coefficient (Wildman–Crippen LogP) is 9.85. The molecule has 2 atom stereocenters. The van der Waals surface area contributed by atoms with Gasteiger partial charge in [0.1, 0.15) is 6.10 Å². The summed E-state index contributed by atoms with van der Waals surface area (Å²) in [5.74, 6) is -0.415. The summed E-state index contributed by atoms with van der Waals surface area (Å²) in [6.45, 7) is 4.65. The van der Waals surface area contributed by atoms with E-state index in [1.54, 1.807) is 0 Å². The highest BCUT2D eigenvalue weighted by molar-refractivity contribution is 7.47. The average molecular weight is 668 g/mol. The van der Waals surface area contributed by atoms with E-state index in [0.29, 0.717) is 13.0 Å². The van der Waals surface area contributed by atoms with Crippen LogP contribution >= 0.6 is 7.82 Å². The van der Waals surface area contributed by atoms with Crippen molar-refractivity contribution in [1.82, 2.24) is 0 Å². The first kappa shape index (κ1) is 44.2. The molecule has 8 nitrogen and oxygen atoms in total. The summed E-state index contributed by atoms with van der Waals surface area (Å²) >= 11 is 0. The summed E-state index contributed by atoms with van der Waals surface area (Å²) < 4.78 is 33.1. The monoisotopic (exact) mass is 667 g/mol. The van der Waals surface area contributed by atoms with Crippen molar-refractivity contribution in [3.8, 4) is 0 Å². The van der Waals surface area contributed by atoms with Gasteiger partial charge in [0.2, 0.25) is 0 Å². The van der Waals surface area contributed by atoms with E-state index in [1.165, 1.54) is 57.8 Å². The van der Waals surface area contributed by atoms with Gasteiger partial charge in [0.15, 0.2) is 0 Å². The number of esters is 1. The first-order valence-corrected chi connectivity index (χ1v) is 19.3. The number of hydrogen-bond acceptors (Lipinski definition) is 7. The molecule has 9 heteroatoms. The summed E-state index contributed by atoms with van der Waals surface area (Å²) in [4.78, 5) is 22.3. The molecule has 0 aliphatic carbocycles. The Balaban J connectivity index is 4.25. The minimum atomic E-state index is -4.29. The van der Waals surface area contributed by atoms with Crippen molar-refractivity contribution in [2.75, 3.05) is 33.0 Å². The van der Waals surface area contributed by atoms with Crippen molar-refractivity contribution >= 4 is 13.8 Å². The average Bonchev–Trinajstić information content (AvgIpc) is 3.04. The molecule has 46 heavy (non-hydrogen) atoms. The Hall–Kier alpha value is -1.80. The van der Waals surface area contributed by atoms with Crippen molar-refractivity contribution in [2.24, 2.45) is 5.73 Å². The number of unbranched alkanes of at least 4 members (excludes halogenated alkanes) is 10. The van der Waals surface area contributed by atoms with Gasteiger partial charge < -0.3 is 20.1 Å². The number of ether oxygens (including phenoxy) is 2. The first-order valence-electron chi connectivity index (χ1n) is 17.8. The zero-order valence-electron chi connectivity index (χ0n) is 29.0.